The fourth-order valence-corrected chi connectivity index (χ4v) is 10.6. The van der Waals surface area contributed by atoms with Gasteiger partial charge in [-0.3, -0.25) is 4.57 Å². The average molecular weight is 717 g/mol. The molecule has 1 aliphatic rings. The van der Waals surface area contributed by atoms with Crippen molar-refractivity contribution < 1.29 is 0 Å². The summed E-state index contributed by atoms with van der Waals surface area (Å²) in [4.78, 5) is 13.5. The summed E-state index contributed by atoms with van der Waals surface area (Å²) < 4.78 is 4.86. The lowest BCUT2D eigenvalue weighted by Gasteiger charge is -2.20. The van der Waals surface area contributed by atoms with Crippen molar-refractivity contribution >= 4 is 98.6 Å². The van der Waals surface area contributed by atoms with Crippen LogP contribution in [-0.2, 0) is 0 Å². The van der Waals surface area contributed by atoms with Crippen LogP contribution in [0, 0.1) is 0 Å². The molecule has 3 aromatic heterocycles. The second-order valence-corrected chi connectivity index (χ2v) is 15.6. The minimum Gasteiger partial charge on any atom is -0.307 e. The van der Waals surface area contributed by atoms with Gasteiger partial charge in [-0.05, 0) is 74.8 Å². The molecule has 0 amide bonds. The molecule has 1 aliphatic heterocycles. The zero-order chi connectivity index (χ0) is 35.8. The average Bonchev–Trinajstić information content (AvgIpc) is 3.79. The summed E-state index contributed by atoms with van der Waals surface area (Å²) in [5.41, 5.74) is 8.69. The molecule has 0 saturated carbocycles. The fraction of sp³-hybridized carbons (Fsp3) is 0. The molecule has 0 radical (unpaired) electrons. The van der Waals surface area contributed by atoms with Gasteiger partial charge < -0.3 is 4.57 Å². The molecule has 0 aliphatic carbocycles. The molecule has 5 heteroatoms. The van der Waals surface area contributed by atoms with Crippen LogP contribution < -0.4 is 0 Å². The second kappa shape index (κ2) is 10.8. The van der Waals surface area contributed by atoms with Crippen LogP contribution in [0.4, 0.5) is 0 Å². The van der Waals surface area contributed by atoms with Gasteiger partial charge in [-0.2, -0.15) is 0 Å². The first kappa shape index (κ1) is 29.5. The smallest absolute Gasteiger partial charge is 0.235 e. The summed E-state index contributed by atoms with van der Waals surface area (Å²) >= 11 is 1.80. The predicted octanol–water partition coefficient (Wildman–Crippen LogP) is 13.4. The van der Waals surface area contributed by atoms with Crippen LogP contribution in [0.5, 0.6) is 0 Å². The molecule has 0 spiro atoms. The minimum absolute atomic E-state index is 0.669. The third-order valence-electron chi connectivity index (χ3n) is 11.7. The van der Waals surface area contributed by atoms with Crippen LogP contribution in [0.25, 0.3) is 110 Å². The van der Waals surface area contributed by atoms with Gasteiger partial charge in [0, 0.05) is 48.0 Å². The number of nitrogens with zero attached hydrogens (tertiary/aromatic N) is 4. The third kappa shape index (κ3) is 3.87. The van der Waals surface area contributed by atoms with Crippen molar-refractivity contribution in [2.75, 3.05) is 0 Å². The van der Waals surface area contributed by atoms with Crippen molar-refractivity contribution in [3.8, 4) is 22.9 Å². The lowest BCUT2D eigenvalue weighted by molar-refractivity contribution is 1.01. The van der Waals surface area contributed by atoms with Gasteiger partial charge in [0.2, 0.25) is 5.95 Å². The minimum atomic E-state index is 0.669. The summed E-state index contributed by atoms with van der Waals surface area (Å²) in [6.07, 6.45) is 0. The van der Waals surface area contributed by atoms with Crippen LogP contribution in [0.15, 0.2) is 180 Å². The van der Waals surface area contributed by atoms with Crippen molar-refractivity contribution in [1.29, 1.82) is 0 Å². The second-order valence-electron chi connectivity index (χ2n) is 14.5. The SMILES string of the molecule is c1ccc(-n2c3ccc4ccccc4c3c3c4ccccc4c4c5c6ccccc6ccc5n(-c5nc6c7c(cccc7n5)Sc5ccccc5-6)c4c32)cc1. The maximum atomic E-state index is 5.62. The first-order valence-corrected chi connectivity index (χ1v) is 19.5. The molecule has 0 saturated heterocycles. The number of hydrogen-bond donors (Lipinski definition) is 0. The molecule has 4 nitrogen and oxygen atoms in total. The Kier molecular flexibility index (Phi) is 5.80. The Morgan fingerprint density at radius 2 is 0.945 bits per heavy atom. The molecule has 0 fully saturated rings. The van der Waals surface area contributed by atoms with E-state index in [4.69, 9.17) is 9.97 Å². The molecule has 0 bridgehead atoms. The first-order chi connectivity index (χ1) is 27.3. The fourth-order valence-electron chi connectivity index (χ4n) is 9.45. The van der Waals surface area contributed by atoms with E-state index in [0.29, 0.717) is 5.95 Å². The van der Waals surface area contributed by atoms with E-state index < -0.39 is 0 Å². The van der Waals surface area contributed by atoms with Crippen LogP contribution in [0.3, 0.4) is 0 Å². The standard InChI is InChI=1S/C50H28N4S/c1-2-15-31(16-3-1)53-38-27-25-29-13-4-6-17-32(29)42(38)44-34-19-8-9-20-35(34)45-43-33-18-7-5-14-30(33)26-28-39(43)54(49(45)48(44)53)50-51-37-22-12-24-41-46(37)47(52-50)36-21-10-11-23-40(36)55-41/h1-28H. The van der Waals surface area contributed by atoms with Crippen LogP contribution >= 0.6 is 11.8 Å². The highest BCUT2D eigenvalue weighted by molar-refractivity contribution is 7.99. The Labute approximate surface area is 318 Å². The molecule has 0 N–H and O–H groups in total. The molecule has 9 aromatic carbocycles. The zero-order valence-corrected chi connectivity index (χ0v) is 30.2. The van der Waals surface area contributed by atoms with Crippen LogP contribution in [-0.4, -0.2) is 19.1 Å². The molecule has 254 valence electrons. The van der Waals surface area contributed by atoms with Crippen LogP contribution in [0.2, 0.25) is 0 Å². The number of fused-ring (bicyclic) bond motifs is 16. The maximum Gasteiger partial charge on any atom is 0.235 e. The molecular formula is C50H28N4S. The van der Waals surface area contributed by atoms with Crippen LogP contribution in [0.1, 0.15) is 0 Å². The first-order valence-electron chi connectivity index (χ1n) is 18.7. The Hall–Kier alpha value is -6.95. The van der Waals surface area contributed by atoms with Gasteiger partial charge in [0.25, 0.3) is 0 Å². The van der Waals surface area contributed by atoms with Gasteiger partial charge >= 0.3 is 0 Å². The maximum absolute atomic E-state index is 5.62. The number of para-hydroxylation sites is 1. The Morgan fingerprint density at radius 3 is 1.65 bits per heavy atom. The highest BCUT2D eigenvalue weighted by atomic mass is 32.2. The summed E-state index contributed by atoms with van der Waals surface area (Å²) in [5.74, 6) is 0.669. The largest absolute Gasteiger partial charge is 0.307 e. The number of rotatable bonds is 2. The third-order valence-corrected chi connectivity index (χ3v) is 12.8. The van der Waals surface area contributed by atoms with E-state index in [1.165, 1.54) is 69.2 Å². The van der Waals surface area contributed by atoms with Crippen molar-refractivity contribution in [1.82, 2.24) is 19.1 Å². The monoisotopic (exact) mass is 716 g/mol. The van der Waals surface area contributed by atoms with Crippen molar-refractivity contribution in [2.45, 2.75) is 9.79 Å². The topological polar surface area (TPSA) is 35.6 Å². The zero-order valence-electron chi connectivity index (χ0n) is 29.4. The van der Waals surface area contributed by atoms with Gasteiger partial charge in [-0.25, -0.2) is 9.97 Å². The predicted molar refractivity (Wildman–Crippen MR) is 230 cm³/mol. The number of hydrogen-bond acceptors (Lipinski definition) is 3. The Bertz CT molecular complexity index is 3630. The van der Waals surface area contributed by atoms with Crippen molar-refractivity contribution in [2.24, 2.45) is 0 Å². The van der Waals surface area contributed by atoms with Crippen molar-refractivity contribution in [3.63, 3.8) is 0 Å². The lowest BCUT2D eigenvalue weighted by Crippen LogP contribution is -2.06. The van der Waals surface area contributed by atoms with Gasteiger partial charge in [0.15, 0.2) is 0 Å². The summed E-state index contributed by atoms with van der Waals surface area (Å²) in [6.45, 7) is 0. The van der Waals surface area contributed by atoms with E-state index in [-0.39, 0.29) is 0 Å². The van der Waals surface area contributed by atoms with E-state index in [2.05, 4.69) is 179 Å². The summed E-state index contributed by atoms with van der Waals surface area (Å²) in [6, 6.07) is 61.6. The molecular weight excluding hydrogens is 689 g/mol. The van der Waals surface area contributed by atoms with E-state index in [1.807, 2.05) is 0 Å². The molecule has 4 heterocycles. The number of aromatic nitrogens is 4. The van der Waals surface area contributed by atoms with E-state index >= 15 is 0 Å². The molecule has 0 atom stereocenters. The van der Waals surface area contributed by atoms with Gasteiger partial charge in [-0.15, -0.1) is 0 Å². The van der Waals surface area contributed by atoms with E-state index in [9.17, 15) is 0 Å². The van der Waals surface area contributed by atoms with E-state index in [0.717, 1.165) is 44.4 Å². The summed E-state index contributed by atoms with van der Waals surface area (Å²) in [5, 5.41) is 13.4. The van der Waals surface area contributed by atoms with Gasteiger partial charge in [-0.1, -0.05) is 139 Å². The molecule has 0 unspecified atom stereocenters. The summed E-state index contributed by atoms with van der Waals surface area (Å²) in [7, 11) is 0. The Balaban J connectivity index is 1.35. The molecule has 12 aromatic rings. The molecule has 13 rings (SSSR count). The highest BCUT2D eigenvalue weighted by Crippen LogP contribution is 2.51. The van der Waals surface area contributed by atoms with Crippen molar-refractivity contribution in [3.05, 3.63) is 170 Å². The Morgan fingerprint density at radius 1 is 0.382 bits per heavy atom. The van der Waals surface area contributed by atoms with Gasteiger partial charge in [0.1, 0.15) is 0 Å². The lowest BCUT2D eigenvalue weighted by atomic mass is 9.95. The quantitative estimate of drug-likeness (QED) is 0.179. The molecule has 55 heavy (non-hydrogen) atoms. The highest BCUT2D eigenvalue weighted by Gasteiger charge is 2.29. The normalized spacial score (nSPS) is 12.7. The van der Waals surface area contributed by atoms with E-state index in [1.54, 1.807) is 11.8 Å². The van der Waals surface area contributed by atoms with Gasteiger partial charge in [0.05, 0.1) is 33.3 Å². The number of benzene rings is 9.